The van der Waals surface area contributed by atoms with Crippen LogP contribution in [0.25, 0.3) is 0 Å². The summed E-state index contributed by atoms with van der Waals surface area (Å²) in [6.45, 7) is 2.59. The van der Waals surface area contributed by atoms with Gasteiger partial charge in [-0.3, -0.25) is 19.3 Å². The van der Waals surface area contributed by atoms with E-state index in [1.807, 2.05) is 49.4 Å². The smallest absolute Gasteiger partial charge is 0.255 e. The molecule has 2 aliphatic heterocycles. The minimum absolute atomic E-state index is 0. The first-order chi connectivity index (χ1) is 15.5. The molecule has 2 aliphatic rings. The van der Waals surface area contributed by atoms with Crippen molar-refractivity contribution in [1.29, 1.82) is 0 Å². The highest BCUT2D eigenvalue weighted by molar-refractivity contribution is 6.04. The third-order valence-corrected chi connectivity index (χ3v) is 5.70. The molecule has 0 aliphatic carbocycles. The Balaban J connectivity index is 0.00000259. The maximum Gasteiger partial charge on any atom is 0.255 e. The highest BCUT2D eigenvalue weighted by Crippen LogP contribution is 2.39. The van der Waals surface area contributed by atoms with E-state index in [1.54, 1.807) is 17.9 Å². The fraction of sp³-hybridized carbons (Fsp3) is 0.280. The van der Waals surface area contributed by atoms with Crippen molar-refractivity contribution < 1.29 is 14.3 Å². The van der Waals surface area contributed by atoms with Crippen LogP contribution >= 0.6 is 0 Å². The molecule has 1 N–H and O–H groups in total. The fourth-order valence-electron chi connectivity index (χ4n) is 4.02. The zero-order valence-corrected chi connectivity index (χ0v) is 17.9. The van der Waals surface area contributed by atoms with Crippen LogP contribution in [0, 0.1) is 0 Å². The number of aliphatic imine (C=N–C) groups is 1. The first-order valence-electron chi connectivity index (χ1n) is 10.5. The molecule has 2 amide bonds. The quantitative estimate of drug-likeness (QED) is 0.667. The third-order valence-electron chi connectivity index (χ3n) is 5.70. The van der Waals surface area contributed by atoms with Crippen LogP contribution in [0.1, 0.15) is 35.8 Å². The molecule has 5 rings (SSSR count). The molecule has 0 bridgehead atoms. The van der Waals surface area contributed by atoms with Gasteiger partial charge in [-0.05, 0) is 30.2 Å². The van der Waals surface area contributed by atoms with E-state index in [0.29, 0.717) is 23.5 Å². The zero-order valence-electron chi connectivity index (χ0n) is 17.9. The molecule has 0 spiro atoms. The lowest BCUT2D eigenvalue weighted by Gasteiger charge is -2.20. The minimum atomic E-state index is -0.808. The highest BCUT2D eigenvalue weighted by Gasteiger charge is 2.32. The number of likely N-dealkylation sites (N-methyl/N-ethyl adjacent to an activating group) is 1. The minimum Gasteiger partial charge on any atom is -0.489 e. The second-order valence-electron chi connectivity index (χ2n) is 8.12. The van der Waals surface area contributed by atoms with E-state index in [-0.39, 0.29) is 25.8 Å². The van der Waals surface area contributed by atoms with Gasteiger partial charge in [-0.15, -0.1) is 0 Å². The lowest BCUT2D eigenvalue weighted by atomic mass is 10.1. The predicted octanol–water partition coefficient (Wildman–Crippen LogP) is 3.37. The van der Waals surface area contributed by atoms with E-state index >= 15 is 0 Å². The van der Waals surface area contributed by atoms with Crippen LogP contribution in [0.4, 0.5) is 11.4 Å². The van der Waals surface area contributed by atoms with Gasteiger partial charge in [0.05, 0.1) is 29.7 Å². The molecule has 8 nitrogen and oxygen atoms in total. The van der Waals surface area contributed by atoms with Gasteiger partial charge < -0.3 is 15.0 Å². The number of nitrogens with one attached hydrogen (secondary N) is 1. The van der Waals surface area contributed by atoms with Crippen LogP contribution in [0.3, 0.4) is 0 Å². The van der Waals surface area contributed by atoms with Crippen LogP contribution < -0.4 is 15.0 Å². The van der Waals surface area contributed by atoms with E-state index in [9.17, 15) is 9.59 Å². The largest absolute Gasteiger partial charge is 0.489 e. The van der Waals surface area contributed by atoms with E-state index in [2.05, 4.69) is 15.4 Å². The van der Waals surface area contributed by atoms with Gasteiger partial charge in [-0.1, -0.05) is 37.8 Å². The molecule has 3 aromatic rings. The maximum atomic E-state index is 13.1. The Morgan fingerprint density at radius 3 is 2.82 bits per heavy atom. The number of hydrogen-bond donors (Lipinski definition) is 1. The Hall–Kier alpha value is -3.94. The molecule has 1 atom stereocenters. The van der Waals surface area contributed by atoms with Crippen LogP contribution in [-0.2, 0) is 17.8 Å². The molecule has 8 heteroatoms. The van der Waals surface area contributed by atoms with E-state index in [0.717, 1.165) is 28.9 Å². The second-order valence-corrected chi connectivity index (χ2v) is 8.12. The number of ether oxygens (including phenoxy) is 1. The number of fused-ring (bicyclic) bond motifs is 2. The molecule has 0 unspecified atom stereocenters. The van der Waals surface area contributed by atoms with Crippen LogP contribution in [0.2, 0.25) is 0 Å². The lowest BCUT2D eigenvalue weighted by molar-refractivity contribution is -0.120. The van der Waals surface area contributed by atoms with Crippen LogP contribution in [0.5, 0.6) is 5.75 Å². The van der Waals surface area contributed by atoms with Gasteiger partial charge in [-0.25, -0.2) is 0 Å². The molecular weight excluding hydrogens is 418 g/mol. The van der Waals surface area contributed by atoms with Crippen LogP contribution in [0.15, 0.2) is 59.9 Å². The third kappa shape index (κ3) is 4.37. The standard InChI is InChI=1S/C24H23N5O3.CH4/c1-15-8-17-9-22-21(10-19(17)26-15)28(2)24(31)20(14-32-22)27-23(30)18-11-25-29(13-18)12-16-6-4-3-5-7-16;/h3-7,9-11,13,20H,8,12,14H2,1-2H3,(H,27,30);1H4/t20-;/m0./s1. The van der Waals surface area contributed by atoms with E-state index in [1.165, 1.54) is 11.1 Å². The number of carbonyl (C=O) groups is 2. The van der Waals surface area contributed by atoms with E-state index in [4.69, 9.17) is 4.74 Å². The number of anilines is 1. The molecule has 2 aromatic carbocycles. The van der Waals surface area contributed by atoms with Gasteiger partial charge >= 0.3 is 0 Å². The van der Waals surface area contributed by atoms with Gasteiger partial charge in [0.2, 0.25) is 0 Å². The average Bonchev–Trinajstić information content (AvgIpc) is 3.38. The van der Waals surface area contributed by atoms with Crippen molar-refractivity contribution in [2.45, 2.75) is 33.4 Å². The Labute approximate surface area is 192 Å². The van der Waals surface area contributed by atoms with Gasteiger partial charge in [0.15, 0.2) is 0 Å². The number of aromatic nitrogens is 2. The summed E-state index contributed by atoms with van der Waals surface area (Å²) in [7, 11) is 1.69. The zero-order chi connectivity index (χ0) is 22.2. The molecule has 3 heterocycles. The summed E-state index contributed by atoms with van der Waals surface area (Å²) < 4.78 is 7.63. The van der Waals surface area contributed by atoms with Crippen molar-refractivity contribution in [3.8, 4) is 5.75 Å². The van der Waals surface area contributed by atoms with Crippen molar-refractivity contribution in [3.63, 3.8) is 0 Å². The molecule has 170 valence electrons. The van der Waals surface area contributed by atoms with Gasteiger partial charge in [0.25, 0.3) is 11.8 Å². The number of hydrogen-bond acceptors (Lipinski definition) is 5. The van der Waals surface area contributed by atoms with Gasteiger partial charge in [-0.2, -0.15) is 5.10 Å². The molecule has 0 saturated carbocycles. The maximum absolute atomic E-state index is 13.1. The Morgan fingerprint density at radius 2 is 2.03 bits per heavy atom. The fourth-order valence-corrected chi connectivity index (χ4v) is 4.02. The predicted molar refractivity (Wildman–Crippen MR) is 128 cm³/mol. The molecule has 1 aromatic heterocycles. The summed E-state index contributed by atoms with van der Waals surface area (Å²) in [6.07, 6.45) is 3.95. The van der Waals surface area contributed by atoms with Gasteiger partial charge in [0, 0.05) is 25.4 Å². The summed E-state index contributed by atoms with van der Waals surface area (Å²) in [5.41, 5.74) is 5.10. The number of amides is 2. The molecular formula is C25H27N5O3. The normalized spacial score (nSPS) is 16.7. The number of rotatable bonds is 4. The first-order valence-corrected chi connectivity index (χ1v) is 10.5. The van der Waals surface area contributed by atoms with Crippen molar-refractivity contribution in [1.82, 2.24) is 15.1 Å². The summed E-state index contributed by atoms with van der Waals surface area (Å²) >= 11 is 0. The monoisotopic (exact) mass is 445 g/mol. The lowest BCUT2D eigenvalue weighted by Crippen LogP contribution is -2.49. The molecule has 0 fully saturated rings. The average molecular weight is 446 g/mol. The topological polar surface area (TPSA) is 88.8 Å². The van der Waals surface area contributed by atoms with Crippen molar-refractivity contribution in [3.05, 3.63) is 71.5 Å². The molecule has 33 heavy (non-hydrogen) atoms. The highest BCUT2D eigenvalue weighted by atomic mass is 16.5. The SMILES string of the molecule is C.CC1=Nc2cc3c(cc2C1)OC[C@H](NC(=O)c1cnn(Cc2ccccc2)c1)C(=O)N3C. The summed E-state index contributed by atoms with van der Waals surface area (Å²) in [4.78, 5) is 31.9. The summed E-state index contributed by atoms with van der Waals surface area (Å²) in [6, 6.07) is 12.9. The summed E-state index contributed by atoms with van der Waals surface area (Å²) in [5, 5.41) is 7.06. The number of nitrogens with zero attached hydrogens (tertiary/aromatic N) is 4. The number of carbonyl (C=O) groups excluding carboxylic acids is 2. The summed E-state index contributed by atoms with van der Waals surface area (Å²) in [5.74, 6) is 0.0118. The van der Waals surface area contributed by atoms with Gasteiger partial charge in [0.1, 0.15) is 18.4 Å². The van der Waals surface area contributed by atoms with Crippen molar-refractivity contribution in [2.24, 2.45) is 4.99 Å². The van der Waals surface area contributed by atoms with Crippen LogP contribution in [-0.4, -0.2) is 47.0 Å². The Morgan fingerprint density at radius 1 is 1.24 bits per heavy atom. The molecule has 0 radical (unpaired) electrons. The Bertz CT molecular complexity index is 1230. The molecule has 0 saturated heterocycles. The second kappa shape index (κ2) is 8.90. The Kier molecular flexibility index (Phi) is 6.00. The van der Waals surface area contributed by atoms with Crippen molar-refractivity contribution >= 4 is 28.9 Å². The number of benzene rings is 2. The van der Waals surface area contributed by atoms with E-state index < -0.39 is 6.04 Å². The first kappa shape index (κ1) is 22.3. The van der Waals surface area contributed by atoms with Crippen molar-refractivity contribution in [2.75, 3.05) is 18.6 Å².